The highest BCUT2D eigenvalue weighted by molar-refractivity contribution is 6.31. The van der Waals surface area contributed by atoms with Gasteiger partial charge in [-0.05, 0) is 74.2 Å². The SMILES string of the molecule is COc1ccc(Cl)c(CC2CCN(CC3CNc4ccccc4O3)CC2)c1. The van der Waals surface area contributed by atoms with Crippen molar-refractivity contribution in [3.05, 3.63) is 53.1 Å². The summed E-state index contributed by atoms with van der Waals surface area (Å²) in [4.78, 5) is 2.53. The Hall–Kier alpha value is -1.91. The summed E-state index contributed by atoms with van der Waals surface area (Å²) in [5, 5.41) is 4.33. The second-order valence-corrected chi connectivity index (χ2v) is 7.93. The van der Waals surface area contributed by atoms with Gasteiger partial charge in [0.2, 0.25) is 0 Å². The number of piperidine rings is 1. The number of halogens is 1. The lowest BCUT2D eigenvalue weighted by molar-refractivity contribution is 0.107. The van der Waals surface area contributed by atoms with Crippen molar-refractivity contribution < 1.29 is 9.47 Å². The average molecular weight is 387 g/mol. The predicted octanol–water partition coefficient (Wildman–Crippen LogP) is 4.48. The van der Waals surface area contributed by atoms with Crippen molar-refractivity contribution >= 4 is 17.3 Å². The van der Waals surface area contributed by atoms with Crippen LogP contribution in [0.2, 0.25) is 5.02 Å². The average Bonchev–Trinajstić information content (AvgIpc) is 2.71. The van der Waals surface area contributed by atoms with Crippen molar-refractivity contribution in [3.63, 3.8) is 0 Å². The summed E-state index contributed by atoms with van der Waals surface area (Å²) in [7, 11) is 1.70. The van der Waals surface area contributed by atoms with Gasteiger partial charge in [-0.3, -0.25) is 4.90 Å². The van der Waals surface area contributed by atoms with Crippen LogP contribution in [-0.2, 0) is 6.42 Å². The van der Waals surface area contributed by atoms with Crippen molar-refractivity contribution in [2.24, 2.45) is 5.92 Å². The van der Waals surface area contributed by atoms with Crippen LogP contribution in [0.25, 0.3) is 0 Å². The predicted molar refractivity (Wildman–Crippen MR) is 110 cm³/mol. The van der Waals surface area contributed by atoms with E-state index >= 15 is 0 Å². The molecule has 0 bridgehead atoms. The second-order valence-electron chi connectivity index (χ2n) is 7.52. The van der Waals surface area contributed by atoms with Crippen molar-refractivity contribution in [3.8, 4) is 11.5 Å². The van der Waals surface area contributed by atoms with E-state index in [0.717, 1.165) is 54.8 Å². The zero-order valence-electron chi connectivity index (χ0n) is 15.8. The number of rotatable bonds is 5. The fourth-order valence-electron chi connectivity index (χ4n) is 4.07. The molecule has 0 aromatic heterocycles. The maximum atomic E-state index is 6.38. The highest BCUT2D eigenvalue weighted by atomic mass is 35.5. The van der Waals surface area contributed by atoms with E-state index in [1.54, 1.807) is 7.11 Å². The number of hydrogen-bond donors (Lipinski definition) is 1. The standard InChI is InChI=1S/C22H27ClN2O2/c1-26-18-6-7-20(23)17(13-18)12-16-8-10-25(11-9-16)15-19-14-24-21-4-2-3-5-22(21)27-19/h2-7,13,16,19,24H,8-12,14-15H2,1H3. The van der Waals surface area contributed by atoms with Gasteiger partial charge >= 0.3 is 0 Å². The maximum Gasteiger partial charge on any atom is 0.142 e. The number of hydrogen-bond acceptors (Lipinski definition) is 4. The minimum absolute atomic E-state index is 0.212. The van der Waals surface area contributed by atoms with Crippen LogP contribution in [0.4, 0.5) is 5.69 Å². The highest BCUT2D eigenvalue weighted by Gasteiger charge is 2.25. The number of para-hydroxylation sites is 2. The maximum absolute atomic E-state index is 6.38. The molecule has 1 N–H and O–H groups in total. The molecule has 0 aliphatic carbocycles. The summed E-state index contributed by atoms with van der Waals surface area (Å²) in [5.41, 5.74) is 2.30. The van der Waals surface area contributed by atoms with E-state index in [1.807, 2.05) is 30.3 Å². The van der Waals surface area contributed by atoms with E-state index in [0.29, 0.717) is 5.92 Å². The lowest BCUT2D eigenvalue weighted by Crippen LogP contribution is -2.44. The number of nitrogens with one attached hydrogen (secondary N) is 1. The van der Waals surface area contributed by atoms with Crippen LogP contribution in [0.3, 0.4) is 0 Å². The molecule has 5 heteroatoms. The van der Waals surface area contributed by atoms with Gasteiger partial charge in [0.25, 0.3) is 0 Å². The van der Waals surface area contributed by atoms with Crippen LogP contribution in [0.1, 0.15) is 18.4 Å². The van der Waals surface area contributed by atoms with E-state index in [9.17, 15) is 0 Å². The molecule has 1 atom stereocenters. The molecule has 1 unspecified atom stereocenters. The van der Waals surface area contributed by atoms with Gasteiger partial charge < -0.3 is 14.8 Å². The van der Waals surface area contributed by atoms with Crippen molar-refractivity contribution in [2.45, 2.75) is 25.4 Å². The molecule has 0 radical (unpaired) electrons. The zero-order valence-corrected chi connectivity index (χ0v) is 16.5. The molecule has 2 aliphatic rings. The normalized spacial score (nSPS) is 20.4. The third-order valence-electron chi connectivity index (χ3n) is 5.63. The van der Waals surface area contributed by atoms with E-state index in [-0.39, 0.29) is 6.10 Å². The van der Waals surface area contributed by atoms with Gasteiger partial charge in [-0.2, -0.15) is 0 Å². The fourth-order valence-corrected chi connectivity index (χ4v) is 4.26. The van der Waals surface area contributed by atoms with Gasteiger partial charge in [0.1, 0.15) is 17.6 Å². The number of ether oxygens (including phenoxy) is 2. The number of benzene rings is 2. The monoisotopic (exact) mass is 386 g/mol. The second kappa shape index (κ2) is 8.41. The Morgan fingerprint density at radius 2 is 2.00 bits per heavy atom. The smallest absolute Gasteiger partial charge is 0.142 e. The third-order valence-corrected chi connectivity index (χ3v) is 6.00. The van der Waals surface area contributed by atoms with Gasteiger partial charge in [0, 0.05) is 11.6 Å². The molecule has 4 rings (SSSR count). The molecule has 0 spiro atoms. The van der Waals surface area contributed by atoms with E-state index in [2.05, 4.69) is 22.3 Å². The fraction of sp³-hybridized carbons (Fsp3) is 0.455. The molecular weight excluding hydrogens is 360 g/mol. The first-order chi connectivity index (χ1) is 13.2. The summed E-state index contributed by atoms with van der Waals surface area (Å²) in [6.45, 7) is 4.09. The Morgan fingerprint density at radius 1 is 1.19 bits per heavy atom. The van der Waals surface area contributed by atoms with E-state index in [1.165, 1.54) is 18.4 Å². The lowest BCUT2D eigenvalue weighted by atomic mass is 9.90. The van der Waals surface area contributed by atoms with Gasteiger partial charge in [-0.1, -0.05) is 23.7 Å². The Labute approximate surface area is 166 Å². The van der Waals surface area contributed by atoms with Crippen LogP contribution in [0.5, 0.6) is 11.5 Å². The van der Waals surface area contributed by atoms with Crippen LogP contribution in [0, 0.1) is 5.92 Å². The van der Waals surface area contributed by atoms with Crippen LogP contribution in [0.15, 0.2) is 42.5 Å². The molecule has 1 fully saturated rings. The topological polar surface area (TPSA) is 33.7 Å². The summed E-state index contributed by atoms with van der Waals surface area (Å²) in [5.74, 6) is 2.53. The van der Waals surface area contributed by atoms with Crippen molar-refractivity contribution in [1.82, 2.24) is 4.90 Å². The Kier molecular flexibility index (Phi) is 5.74. The quantitative estimate of drug-likeness (QED) is 0.821. The molecular formula is C22H27ClN2O2. The van der Waals surface area contributed by atoms with Gasteiger partial charge in [-0.25, -0.2) is 0 Å². The first kappa shape index (κ1) is 18.5. The first-order valence-corrected chi connectivity index (χ1v) is 10.1. The Balaban J connectivity index is 1.27. The molecule has 27 heavy (non-hydrogen) atoms. The number of fused-ring (bicyclic) bond motifs is 1. The number of methoxy groups -OCH3 is 1. The Bertz CT molecular complexity index is 775. The molecule has 0 amide bonds. The van der Waals surface area contributed by atoms with Crippen molar-refractivity contribution in [2.75, 3.05) is 38.6 Å². The molecule has 1 saturated heterocycles. The third kappa shape index (κ3) is 4.50. The summed E-state index contributed by atoms with van der Waals surface area (Å²) >= 11 is 6.38. The zero-order chi connectivity index (χ0) is 18.6. The molecule has 2 aromatic rings. The van der Waals surface area contributed by atoms with E-state index in [4.69, 9.17) is 21.1 Å². The molecule has 0 saturated carbocycles. The minimum atomic E-state index is 0.212. The van der Waals surface area contributed by atoms with Gasteiger partial charge in [-0.15, -0.1) is 0 Å². The Morgan fingerprint density at radius 3 is 2.81 bits per heavy atom. The van der Waals surface area contributed by atoms with Crippen LogP contribution >= 0.6 is 11.6 Å². The minimum Gasteiger partial charge on any atom is -0.497 e. The molecule has 2 aliphatic heterocycles. The summed E-state index contributed by atoms with van der Waals surface area (Å²) in [6.07, 6.45) is 3.64. The summed E-state index contributed by atoms with van der Waals surface area (Å²) in [6, 6.07) is 14.1. The number of anilines is 1. The largest absolute Gasteiger partial charge is 0.497 e. The van der Waals surface area contributed by atoms with Crippen molar-refractivity contribution in [1.29, 1.82) is 0 Å². The van der Waals surface area contributed by atoms with Gasteiger partial charge in [0.15, 0.2) is 0 Å². The molecule has 4 nitrogen and oxygen atoms in total. The number of likely N-dealkylation sites (tertiary alicyclic amines) is 1. The lowest BCUT2D eigenvalue weighted by Gasteiger charge is -2.36. The summed E-state index contributed by atoms with van der Waals surface area (Å²) < 4.78 is 11.5. The first-order valence-electron chi connectivity index (χ1n) is 9.75. The molecule has 144 valence electrons. The van der Waals surface area contributed by atoms with Gasteiger partial charge in [0.05, 0.1) is 19.3 Å². The van der Waals surface area contributed by atoms with Crippen LogP contribution in [-0.4, -0.2) is 44.3 Å². The molecule has 2 heterocycles. The number of nitrogens with zero attached hydrogens (tertiary/aromatic N) is 1. The highest BCUT2D eigenvalue weighted by Crippen LogP contribution is 2.30. The van der Waals surface area contributed by atoms with E-state index < -0.39 is 0 Å². The molecule has 2 aromatic carbocycles. The van der Waals surface area contributed by atoms with Crippen LogP contribution < -0.4 is 14.8 Å².